The number of rotatable bonds is 2. The topological polar surface area (TPSA) is 26.0 Å². The van der Waals surface area contributed by atoms with Crippen LogP contribution in [-0.2, 0) is 0 Å². The van der Waals surface area contributed by atoms with Gasteiger partial charge in [0.05, 0.1) is 0 Å². The summed E-state index contributed by atoms with van der Waals surface area (Å²) in [7, 11) is 5.67. The standard InChI is InChI=1S/C9H10BN/c10-9-6-2-1-4-8(9)5-3-7-11/h1-6H,7,11H2/b5-3+. The number of hydrogen-bond donors (Lipinski definition) is 1. The molecule has 2 N–H and O–H groups in total. The summed E-state index contributed by atoms with van der Waals surface area (Å²) in [5.41, 5.74) is 7.11. The molecule has 2 heteroatoms. The van der Waals surface area contributed by atoms with Crippen LogP contribution in [-0.4, -0.2) is 14.4 Å². The molecule has 1 nitrogen and oxygen atoms in total. The molecule has 0 aliphatic carbocycles. The molecule has 0 bridgehead atoms. The maximum absolute atomic E-state index is 5.67. The third-order valence-electron chi connectivity index (χ3n) is 1.43. The van der Waals surface area contributed by atoms with Crippen LogP contribution < -0.4 is 11.2 Å². The fourth-order valence-electron chi connectivity index (χ4n) is 0.858. The first kappa shape index (κ1) is 8.09. The molecule has 2 radical (unpaired) electrons. The molecule has 0 fully saturated rings. The predicted molar refractivity (Wildman–Crippen MR) is 49.9 cm³/mol. The van der Waals surface area contributed by atoms with Crippen LogP contribution in [0.4, 0.5) is 0 Å². The van der Waals surface area contributed by atoms with Gasteiger partial charge in [-0.15, -0.1) is 0 Å². The van der Waals surface area contributed by atoms with E-state index in [0.29, 0.717) is 6.54 Å². The van der Waals surface area contributed by atoms with Crippen molar-refractivity contribution in [2.75, 3.05) is 6.54 Å². The van der Waals surface area contributed by atoms with Crippen molar-refractivity contribution in [1.82, 2.24) is 0 Å². The fraction of sp³-hybridized carbons (Fsp3) is 0.111. The lowest BCUT2D eigenvalue weighted by atomic mass is 9.90. The summed E-state index contributed by atoms with van der Waals surface area (Å²) in [5.74, 6) is 0. The van der Waals surface area contributed by atoms with Crippen LogP contribution in [0.2, 0.25) is 0 Å². The van der Waals surface area contributed by atoms with Crippen LogP contribution in [0.15, 0.2) is 30.3 Å². The number of benzene rings is 1. The molecule has 0 saturated heterocycles. The normalized spacial score (nSPS) is 10.6. The molecule has 0 saturated carbocycles. The molecule has 11 heavy (non-hydrogen) atoms. The first-order valence-electron chi connectivity index (χ1n) is 3.55. The zero-order valence-corrected chi connectivity index (χ0v) is 6.33. The molecule has 0 spiro atoms. The molecule has 0 aromatic heterocycles. The van der Waals surface area contributed by atoms with Crippen molar-refractivity contribution in [2.45, 2.75) is 0 Å². The minimum atomic E-state index is 0.550. The summed E-state index contributed by atoms with van der Waals surface area (Å²) < 4.78 is 0. The van der Waals surface area contributed by atoms with E-state index in [-0.39, 0.29) is 0 Å². The van der Waals surface area contributed by atoms with E-state index in [0.717, 1.165) is 11.0 Å². The van der Waals surface area contributed by atoms with Crippen LogP contribution in [0.3, 0.4) is 0 Å². The fourth-order valence-corrected chi connectivity index (χ4v) is 0.858. The quantitative estimate of drug-likeness (QED) is 0.597. The Balaban J connectivity index is 2.86. The molecule has 54 valence electrons. The Morgan fingerprint density at radius 1 is 1.36 bits per heavy atom. The highest BCUT2D eigenvalue weighted by atomic mass is 14.5. The Labute approximate surface area is 68.3 Å². The monoisotopic (exact) mass is 143 g/mol. The second kappa shape index (κ2) is 3.99. The minimum absolute atomic E-state index is 0.550. The van der Waals surface area contributed by atoms with E-state index >= 15 is 0 Å². The molecule has 1 rings (SSSR count). The Kier molecular flexibility index (Phi) is 2.93. The Morgan fingerprint density at radius 3 is 2.73 bits per heavy atom. The van der Waals surface area contributed by atoms with Gasteiger partial charge in [0.25, 0.3) is 0 Å². The van der Waals surface area contributed by atoms with Crippen LogP contribution in [0.5, 0.6) is 0 Å². The summed E-state index contributed by atoms with van der Waals surface area (Å²) in [5, 5.41) is 0. The Bertz CT molecular complexity index is 255. The zero-order chi connectivity index (χ0) is 8.10. The molecule has 0 aliphatic rings. The lowest BCUT2D eigenvalue weighted by molar-refractivity contribution is 1.26. The van der Waals surface area contributed by atoms with Crippen molar-refractivity contribution < 1.29 is 0 Å². The van der Waals surface area contributed by atoms with E-state index < -0.39 is 0 Å². The summed E-state index contributed by atoms with van der Waals surface area (Å²) in [4.78, 5) is 0. The number of hydrogen-bond acceptors (Lipinski definition) is 1. The molecule has 0 atom stereocenters. The van der Waals surface area contributed by atoms with E-state index in [1.54, 1.807) is 0 Å². The Hall–Kier alpha value is -1.02. The van der Waals surface area contributed by atoms with Crippen molar-refractivity contribution in [3.8, 4) is 0 Å². The van der Waals surface area contributed by atoms with E-state index in [1.807, 2.05) is 36.4 Å². The lowest BCUT2D eigenvalue weighted by Crippen LogP contribution is -2.05. The van der Waals surface area contributed by atoms with Crippen LogP contribution in [0.1, 0.15) is 5.56 Å². The smallest absolute Gasteiger partial charge is 0.114 e. The van der Waals surface area contributed by atoms with Gasteiger partial charge in [0.2, 0.25) is 0 Å². The van der Waals surface area contributed by atoms with Gasteiger partial charge in [0, 0.05) is 6.54 Å². The number of nitrogens with two attached hydrogens (primary N) is 1. The highest BCUT2D eigenvalue weighted by Crippen LogP contribution is 1.96. The van der Waals surface area contributed by atoms with Crippen LogP contribution in [0, 0.1) is 0 Å². The van der Waals surface area contributed by atoms with Crippen molar-refractivity contribution in [1.29, 1.82) is 0 Å². The second-order valence-electron chi connectivity index (χ2n) is 2.27. The first-order valence-corrected chi connectivity index (χ1v) is 3.55. The van der Waals surface area contributed by atoms with Gasteiger partial charge in [-0.3, -0.25) is 0 Å². The third-order valence-corrected chi connectivity index (χ3v) is 1.43. The van der Waals surface area contributed by atoms with Crippen molar-refractivity contribution >= 4 is 19.4 Å². The Morgan fingerprint density at radius 2 is 2.09 bits per heavy atom. The van der Waals surface area contributed by atoms with Gasteiger partial charge in [0.15, 0.2) is 0 Å². The minimum Gasteiger partial charge on any atom is -0.327 e. The van der Waals surface area contributed by atoms with Crippen LogP contribution >= 0.6 is 0 Å². The molecule has 0 aliphatic heterocycles. The maximum Gasteiger partial charge on any atom is 0.114 e. The molecule has 1 aromatic carbocycles. The molecular formula is C9H10BN. The lowest BCUT2D eigenvalue weighted by Gasteiger charge is -1.97. The van der Waals surface area contributed by atoms with Gasteiger partial charge in [0.1, 0.15) is 7.85 Å². The third kappa shape index (κ3) is 2.24. The zero-order valence-electron chi connectivity index (χ0n) is 6.33. The average Bonchev–Trinajstić information content (AvgIpc) is 2.03. The van der Waals surface area contributed by atoms with Gasteiger partial charge in [-0.2, -0.15) is 0 Å². The summed E-state index contributed by atoms with van der Waals surface area (Å²) >= 11 is 0. The van der Waals surface area contributed by atoms with Gasteiger partial charge in [-0.05, 0) is 5.56 Å². The highest BCUT2D eigenvalue weighted by Gasteiger charge is 1.88. The van der Waals surface area contributed by atoms with E-state index in [4.69, 9.17) is 13.6 Å². The first-order chi connectivity index (χ1) is 5.34. The van der Waals surface area contributed by atoms with Crippen LogP contribution in [0.25, 0.3) is 6.08 Å². The summed E-state index contributed by atoms with van der Waals surface area (Å²) in [6.45, 7) is 0.550. The van der Waals surface area contributed by atoms with E-state index in [2.05, 4.69) is 0 Å². The SMILES string of the molecule is [B]c1ccccc1/C=C/CN. The van der Waals surface area contributed by atoms with E-state index in [9.17, 15) is 0 Å². The van der Waals surface area contributed by atoms with Crippen molar-refractivity contribution in [2.24, 2.45) is 5.73 Å². The van der Waals surface area contributed by atoms with E-state index in [1.165, 1.54) is 0 Å². The second-order valence-corrected chi connectivity index (χ2v) is 2.27. The summed E-state index contributed by atoms with van der Waals surface area (Å²) in [6.07, 6.45) is 3.81. The predicted octanol–water partition coefficient (Wildman–Crippen LogP) is 0.452. The largest absolute Gasteiger partial charge is 0.327 e. The molecule has 0 unspecified atom stereocenters. The van der Waals surface area contributed by atoms with Gasteiger partial charge < -0.3 is 5.73 Å². The highest BCUT2D eigenvalue weighted by molar-refractivity contribution is 6.34. The average molecular weight is 143 g/mol. The summed E-state index contributed by atoms with van der Waals surface area (Å²) in [6, 6.07) is 7.69. The molecule has 1 aromatic rings. The molecule has 0 amide bonds. The van der Waals surface area contributed by atoms with Gasteiger partial charge in [-0.1, -0.05) is 41.9 Å². The molecule has 0 heterocycles. The van der Waals surface area contributed by atoms with Crippen molar-refractivity contribution in [3.63, 3.8) is 0 Å². The van der Waals surface area contributed by atoms with Crippen molar-refractivity contribution in [3.05, 3.63) is 35.9 Å². The van der Waals surface area contributed by atoms with Gasteiger partial charge >= 0.3 is 0 Å². The molecular weight excluding hydrogens is 133 g/mol. The van der Waals surface area contributed by atoms with Gasteiger partial charge in [-0.25, -0.2) is 0 Å². The maximum atomic E-state index is 5.67.